The maximum Gasteiger partial charge on any atom is 0.0885 e. The lowest BCUT2D eigenvalue weighted by atomic mass is 10.0. The van der Waals surface area contributed by atoms with Crippen LogP contribution in [-0.4, -0.2) is 22.9 Å². The Morgan fingerprint density at radius 1 is 0.742 bits per heavy atom. The predicted octanol–water partition coefficient (Wildman–Crippen LogP) is 7.17. The Balaban J connectivity index is 1.53. The Hall–Kier alpha value is -4.18. The molecule has 31 heavy (non-hydrogen) atoms. The molecule has 2 aromatic heterocycles. The van der Waals surface area contributed by atoms with Crippen molar-refractivity contribution in [3.05, 3.63) is 85.1 Å². The standard InChI is InChI=1S/C27H20N4/c1-3-29-25-13-11-21(16-27(25)28-2)26-15-19-8-9-20(14-22(19)17-30-26)24-12-10-18-6-4-5-7-23(18)31-24/h3-17H,2H2,1H3/b29-3-. The van der Waals surface area contributed by atoms with Crippen molar-refractivity contribution < 1.29 is 0 Å². The van der Waals surface area contributed by atoms with Gasteiger partial charge in [0.2, 0.25) is 0 Å². The molecule has 0 aliphatic rings. The smallest absolute Gasteiger partial charge is 0.0885 e. The van der Waals surface area contributed by atoms with Crippen molar-refractivity contribution in [1.29, 1.82) is 0 Å². The van der Waals surface area contributed by atoms with Gasteiger partial charge in [0.1, 0.15) is 0 Å². The molecule has 148 valence electrons. The Kier molecular flexibility index (Phi) is 4.81. The molecule has 0 unspecified atom stereocenters. The van der Waals surface area contributed by atoms with Gasteiger partial charge in [-0.2, -0.15) is 0 Å². The molecule has 5 aromatic rings. The summed E-state index contributed by atoms with van der Waals surface area (Å²) in [6, 6.07) is 26.7. The van der Waals surface area contributed by atoms with Crippen LogP contribution in [0.3, 0.4) is 0 Å². The van der Waals surface area contributed by atoms with Gasteiger partial charge in [-0.3, -0.25) is 15.0 Å². The molecule has 0 aliphatic carbocycles. The number of pyridine rings is 2. The monoisotopic (exact) mass is 400 g/mol. The second-order valence-electron chi connectivity index (χ2n) is 7.27. The summed E-state index contributed by atoms with van der Waals surface area (Å²) in [6.45, 7) is 5.55. The molecule has 0 atom stereocenters. The average Bonchev–Trinajstić information content (AvgIpc) is 2.83. The minimum absolute atomic E-state index is 0.746. The van der Waals surface area contributed by atoms with E-state index in [0.29, 0.717) is 0 Å². The Bertz CT molecular complexity index is 1470. The van der Waals surface area contributed by atoms with Gasteiger partial charge in [0.15, 0.2) is 0 Å². The highest BCUT2D eigenvalue weighted by molar-refractivity contribution is 5.90. The average molecular weight is 400 g/mol. The fraction of sp³-hybridized carbons (Fsp3) is 0.0370. The number of hydrogen-bond donors (Lipinski definition) is 0. The second kappa shape index (κ2) is 7.92. The lowest BCUT2D eigenvalue weighted by Crippen LogP contribution is -1.88. The zero-order valence-electron chi connectivity index (χ0n) is 17.2. The van der Waals surface area contributed by atoms with Crippen LogP contribution >= 0.6 is 0 Å². The highest BCUT2D eigenvalue weighted by atomic mass is 14.8. The van der Waals surface area contributed by atoms with Gasteiger partial charge in [-0.05, 0) is 55.4 Å². The Morgan fingerprint density at radius 3 is 2.42 bits per heavy atom. The third-order valence-electron chi connectivity index (χ3n) is 5.33. The molecule has 0 N–H and O–H groups in total. The molecule has 0 bridgehead atoms. The van der Waals surface area contributed by atoms with Gasteiger partial charge in [0.05, 0.1) is 28.3 Å². The van der Waals surface area contributed by atoms with Crippen LogP contribution in [0.15, 0.2) is 95.0 Å². The lowest BCUT2D eigenvalue weighted by Gasteiger charge is -2.08. The van der Waals surface area contributed by atoms with E-state index < -0.39 is 0 Å². The van der Waals surface area contributed by atoms with Gasteiger partial charge >= 0.3 is 0 Å². The number of aliphatic imine (C=N–C) groups is 2. The van der Waals surface area contributed by atoms with Crippen molar-refractivity contribution in [2.45, 2.75) is 6.92 Å². The van der Waals surface area contributed by atoms with Gasteiger partial charge in [-0.15, -0.1) is 0 Å². The van der Waals surface area contributed by atoms with E-state index in [-0.39, 0.29) is 0 Å². The normalized spacial score (nSPS) is 11.4. The molecule has 0 spiro atoms. The third-order valence-corrected chi connectivity index (χ3v) is 5.33. The number of hydrogen-bond acceptors (Lipinski definition) is 4. The summed E-state index contributed by atoms with van der Waals surface area (Å²) >= 11 is 0. The lowest BCUT2D eigenvalue weighted by molar-refractivity contribution is 1.35. The fourth-order valence-corrected chi connectivity index (χ4v) is 3.74. The van der Waals surface area contributed by atoms with E-state index in [0.717, 1.165) is 55.6 Å². The number of fused-ring (bicyclic) bond motifs is 2. The molecule has 0 amide bonds. The Morgan fingerprint density at radius 2 is 1.55 bits per heavy atom. The zero-order valence-corrected chi connectivity index (χ0v) is 17.2. The summed E-state index contributed by atoms with van der Waals surface area (Å²) in [5.41, 5.74) is 6.45. The van der Waals surface area contributed by atoms with Gasteiger partial charge in [0, 0.05) is 34.3 Å². The maximum atomic E-state index is 4.81. The molecule has 5 rings (SSSR count). The minimum Gasteiger partial charge on any atom is -0.262 e. The minimum atomic E-state index is 0.746. The summed E-state index contributed by atoms with van der Waals surface area (Å²) in [6.07, 6.45) is 3.66. The van der Waals surface area contributed by atoms with Crippen LogP contribution in [0.2, 0.25) is 0 Å². The topological polar surface area (TPSA) is 50.5 Å². The molecule has 3 aromatic carbocycles. The molecule has 4 nitrogen and oxygen atoms in total. The number of para-hydroxylation sites is 1. The van der Waals surface area contributed by atoms with Crippen LogP contribution in [0.25, 0.3) is 44.2 Å². The van der Waals surface area contributed by atoms with Crippen LogP contribution in [-0.2, 0) is 0 Å². The number of rotatable bonds is 4. The van der Waals surface area contributed by atoms with Crippen LogP contribution in [0.5, 0.6) is 0 Å². The third kappa shape index (κ3) is 3.60. The fourth-order valence-electron chi connectivity index (χ4n) is 3.74. The van der Waals surface area contributed by atoms with E-state index in [1.165, 1.54) is 0 Å². The first-order chi connectivity index (χ1) is 15.2. The van der Waals surface area contributed by atoms with Gasteiger partial charge < -0.3 is 0 Å². The van der Waals surface area contributed by atoms with Crippen LogP contribution in [0.4, 0.5) is 11.4 Å². The zero-order chi connectivity index (χ0) is 21.2. The first kappa shape index (κ1) is 18.8. The van der Waals surface area contributed by atoms with Crippen LogP contribution in [0, 0.1) is 0 Å². The first-order valence-electron chi connectivity index (χ1n) is 10.1. The van der Waals surface area contributed by atoms with Crippen LogP contribution in [0.1, 0.15) is 6.92 Å². The van der Waals surface area contributed by atoms with E-state index in [2.05, 4.69) is 59.2 Å². The maximum absolute atomic E-state index is 4.81. The molecule has 4 heteroatoms. The quantitative estimate of drug-likeness (QED) is 0.300. The SMILES string of the molecule is C=Nc1cc(-c2cc3ccc(-c4ccc5ccccc5n4)cc3cn2)ccc1/N=C\C. The summed E-state index contributed by atoms with van der Waals surface area (Å²) in [5, 5.41) is 3.34. The second-order valence-corrected chi connectivity index (χ2v) is 7.27. The van der Waals surface area contributed by atoms with E-state index in [9.17, 15) is 0 Å². The van der Waals surface area contributed by atoms with Crippen molar-refractivity contribution in [2.24, 2.45) is 9.98 Å². The molecule has 0 aliphatic heterocycles. The largest absolute Gasteiger partial charge is 0.262 e. The van der Waals surface area contributed by atoms with Gasteiger partial charge in [-0.1, -0.05) is 42.5 Å². The van der Waals surface area contributed by atoms with Crippen molar-refractivity contribution in [2.75, 3.05) is 0 Å². The predicted molar refractivity (Wildman–Crippen MR) is 131 cm³/mol. The molecular formula is C27H20N4. The van der Waals surface area contributed by atoms with E-state index >= 15 is 0 Å². The van der Waals surface area contributed by atoms with E-state index in [4.69, 9.17) is 9.97 Å². The number of nitrogens with zero attached hydrogens (tertiary/aromatic N) is 4. The first-order valence-corrected chi connectivity index (χ1v) is 10.1. The Labute approximate surface area is 180 Å². The molecule has 2 heterocycles. The highest BCUT2D eigenvalue weighted by Crippen LogP contribution is 2.33. The van der Waals surface area contributed by atoms with Crippen molar-refractivity contribution in [1.82, 2.24) is 9.97 Å². The summed E-state index contributed by atoms with van der Waals surface area (Å²) in [4.78, 5) is 17.9. The summed E-state index contributed by atoms with van der Waals surface area (Å²) in [5.74, 6) is 0. The van der Waals surface area contributed by atoms with Crippen molar-refractivity contribution in [3.63, 3.8) is 0 Å². The molecule has 0 radical (unpaired) electrons. The summed E-state index contributed by atoms with van der Waals surface area (Å²) in [7, 11) is 0. The van der Waals surface area contributed by atoms with Gasteiger partial charge in [-0.25, -0.2) is 4.98 Å². The molecule has 0 fully saturated rings. The number of benzene rings is 3. The summed E-state index contributed by atoms with van der Waals surface area (Å²) < 4.78 is 0. The van der Waals surface area contributed by atoms with Crippen molar-refractivity contribution in [3.8, 4) is 22.5 Å². The molecular weight excluding hydrogens is 380 g/mol. The van der Waals surface area contributed by atoms with E-state index in [1.54, 1.807) is 6.21 Å². The van der Waals surface area contributed by atoms with E-state index in [1.807, 2.05) is 49.5 Å². The van der Waals surface area contributed by atoms with Gasteiger partial charge in [0.25, 0.3) is 0 Å². The van der Waals surface area contributed by atoms with Crippen LogP contribution < -0.4 is 0 Å². The van der Waals surface area contributed by atoms with Crippen molar-refractivity contribution >= 4 is 46.0 Å². The molecule has 0 saturated carbocycles. The number of aromatic nitrogens is 2. The molecule has 0 saturated heterocycles. The highest BCUT2D eigenvalue weighted by Gasteiger charge is 2.08.